The largest absolute Gasteiger partial charge is 0.351 e. The molecule has 0 atom stereocenters. The fourth-order valence-corrected chi connectivity index (χ4v) is 4.60. The number of hydrogen-bond acceptors (Lipinski definition) is 5. The summed E-state index contributed by atoms with van der Waals surface area (Å²) in [5.41, 5.74) is 4.02. The number of fused-ring (bicyclic) bond motifs is 1. The van der Waals surface area contributed by atoms with E-state index in [0.717, 1.165) is 11.1 Å². The summed E-state index contributed by atoms with van der Waals surface area (Å²) >= 11 is 1.23. The molecule has 0 saturated heterocycles. The topological polar surface area (TPSA) is 93.1 Å². The minimum Gasteiger partial charge on any atom is -0.351 e. The average molecular weight is 515 g/mol. The Morgan fingerprint density at radius 3 is 2.32 bits per heavy atom. The van der Waals surface area contributed by atoms with E-state index in [1.54, 1.807) is 28.8 Å². The Bertz CT molecular complexity index is 1460. The van der Waals surface area contributed by atoms with Gasteiger partial charge in [0.05, 0.1) is 23.2 Å². The summed E-state index contributed by atoms with van der Waals surface area (Å²) in [6.45, 7) is 6.55. The lowest BCUT2D eigenvalue weighted by Crippen LogP contribution is -2.30. The molecule has 0 fully saturated rings. The van der Waals surface area contributed by atoms with Crippen LogP contribution in [-0.2, 0) is 17.9 Å². The van der Waals surface area contributed by atoms with Crippen LogP contribution < -0.4 is 16.2 Å². The van der Waals surface area contributed by atoms with Crippen molar-refractivity contribution in [3.05, 3.63) is 105 Å². The number of thioether (sulfide) groups is 1. The first kappa shape index (κ1) is 26.2. The molecule has 1 heterocycles. The van der Waals surface area contributed by atoms with Crippen molar-refractivity contribution in [2.24, 2.45) is 0 Å². The number of carbonyl (C=O) groups excluding carboxylic acids is 2. The van der Waals surface area contributed by atoms with Gasteiger partial charge in [-0.25, -0.2) is 4.98 Å². The Labute approximate surface area is 220 Å². The lowest BCUT2D eigenvalue weighted by Gasteiger charge is -2.14. The standard InChI is InChI=1S/C29H30N4O3S/c1-19(2)31-27(35)23-14-12-22(13-15-23)17-33-28(36)24-6-4-5-7-25(24)32-29(33)37-18-26(34)30-16-21-10-8-20(3)9-11-21/h4-15,19H,16-18H2,1-3H3,(H,30,34)(H,31,35). The number of nitrogens with zero attached hydrogens (tertiary/aromatic N) is 2. The van der Waals surface area contributed by atoms with E-state index < -0.39 is 0 Å². The van der Waals surface area contributed by atoms with Crippen LogP contribution in [0.15, 0.2) is 82.7 Å². The van der Waals surface area contributed by atoms with Crippen LogP contribution in [0.2, 0.25) is 0 Å². The minimum absolute atomic E-state index is 0.0445. The first-order chi connectivity index (χ1) is 17.8. The van der Waals surface area contributed by atoms with E-state index in [0.29, 0.717) is 28.2 Å². The summed E-state index contributed by atoms with van der Waals surface area (Å²) in [6, 6.07) is 22.4. The van der Waals surface area contributed by atoms with Crippen LogP contribution >= 0.6 is 11.8 Å². The van der Waals surface area contributed by atoms with Crippen molar-refractivity contribution in [1.82, 2.24) is 20.2 Å². The highest BCUT2D eigenvalue weighted by Gasteiger charge is 2.14. The van der Waals surface area contributed by atoms with Crippen molar-refractivity contribution in [1.29, 1.82) is 0 Å². The van der Waals surface area contributed by atoms with E-state index in [9.17, 15) is 14.4 Å². The normalized spacial score (nSPS) is 11.0. The molecule has 3 aromatic carbocycles. The number of rotatable bonds is 9. The number of para-hydroxylation sites is 1. The molecule has 190 valence electrons. The third-order valence-corrected chi connectivity index (χ3v) is 6.72. The second-order valence-electron chi connectivity index (χ2n) is 9.18. The van der Waals surface area contributed by atoms with Gasteiger partial charge in [0.15, 0.2) is 5.16 Å². The molecule has 8 heteroatoms. The van der Waals surface area contributed by atoms with Gasteiger partial charge in [-0.3, -0.25) is 19.0 Å². The average Bonchev–Trinajstić information content (AvgIpc) is 2.89. The molecular formula is C29H30N4O3S. The molecule has 0 aliphatic rings. The number of amides is 2. The quantitative estimate of drug-likeness (QED) is 0.257. The van der Waals surface area contributed by atoms with Crippen molar-refractivity contribution < 1.29 is 9.59 Å². The zero-order valence-corrected chi connectivity index (χ0v) is 22.0. The summed E-state index contributed by atoms with van der Waals surface area (Å²) in [7, 11) is 0. The van der Waals surface area contributed by atoms with Crippen LogP contribution in [0.5, 0.6) is 0 Å². The van der Waals surface area contributed by atoms with E-state index in [1.165, 1.54) is 17.3 Å². The maximum absolute atomic E-state index is 13.4. The third-order valence-electron chi connectivity index (χ3n) is 5.75. The van der Waals surface area contributed by atoms with E-state index in [1.807, 2.05) is 69.3 Å². The maximum atomic E-state index is 13.4. The fraction of sp³-hybridized carbons (Fsp3) is 0.241. The lowest BCUT2D eigenvalue weighted by atomic mass is 10.1. The van der Waals surface area contributed by atoms with Crippen molar-refractivity contribution in [2.75, 3.05) is 5.75 Å². The Morgan fingerprint density at radius 2 is 1.62 bits per heavy atom. The molecule has 0 radical (unpaired) electrons. The van der Waals surface area contributed by atoms with E-state index >= 15 is 0 Å². The molecule has 2 amide bonds. The predicted octanol–water partition coefficient (Wildman–Crippen LogP) is 4.30. The SMILES string of the molecule is Cc1ccc(CNC(=O)CSc2nc3ccccc3c(=O)n2Cc2ccc(C(=O)NC(C)C)cc2)cc1. The monoisotopic (exact) mass is 514 g/mol. The number of hydrogen-bond donors (Lipinski definition) is 2. The second kappa shape index (κ2) is 11.9. The van der Waals surface area contributed by atoms with Gasteiger partial charge in [-0.1, -0.05) is 65.9 Å². The van der Waals surface area contributed by atoms with Gasteiger partial charge in [0, 0.05) is 18.2 Å². The smallest absolute Gasteiger partial charge is 0.262 e. The Morgan fingerprint density at radius 1 is 0.946 bits per heavy atom. The first-order valence-corrected chi connectivity index (χ1v) is 13.1. The van der Waals surface area contributed by atoms with Crippen LogP contribution in [0.4, 0.5) is 0 Å². The van der Waals surface area contributed by atoms with Crippen LogP contribution in [0.1, 0.15) is 40.9 Å². The maximum Gasteiger partial charge on any atom is 0.262 e. The van der Waals surface area contributed by atoms with Crippen molar-refractivity contribution in [2.45, 2.75) is 45.1 Å². The Balaban J connectivity index is 1.52. The number of aryl methyl sites for hydroxylation is 1. The van der Waals surface area contributed by atoms with Gasteiger partial charge in [0.25, 0.3) is 11.5 Å². The highest BCUT2D eigenvalue weighted by Crippen LogP contribution is 2.19. The lowest BCUT2D eigenvalue weighted by molar-refractivity contribution is -0.118. The first-order valence-electron chi connectivity index (χ1n) is 12.1. The molecule has 4 aromatic rings. The highest BCUT2D eigenvalue weighted by molar-refractivity contribution is 7.99. The molecule has 0 unspecified atom stereocenters. The molecule has 37 heavy (non-hydrogen) atoms. The van der Waals surface area contributed by atoms with Gasteiger partial charge >= 0.3 is 0 Å². The van der Waals surface area contributed by atoms with E-state index in [2.05, 4.69) is 10.6 Å². The molecule has 0 saturated carbocycles. The zero-order valence-electron chi connectivity index (χ0n) is 21.2. The summed E-state index contributed by atoms with van der Waals surface area (Å²) in [5, 5.41) is 6.78. The third kappa shape index (κ3) is 6.86. The number of aromatic nitrogens is 2. The van der Waals surface area contributed by atoms with E-state index in [-0.39, 0.29) is 35.7 Å². The van der Waals surface area contributed by atoms with Gasteiger partial charge < -0.3 is 10.6 Å². The molecule has 1 aromatic heterocycles. The Kier molecular flexibility index (Phi) is 8.40. The molecule has 4 rings (SSSR count). The number of benzene rings is 3. The predicted molar refractivity (Wildman–Crippen MR) is 148 cm³/mol. The van der Waals surface area contributed by atoms with Crippen LogP contribution in [0.25, 0.3) is 10.9 Å². The highest BCUT2D eigenvalue weighted by atomic mass is 32.2. The Hall–Kier alpha value is -3.91. The van der Waals surface area contributed by atoms with Crippen LogP contribution in [0.3, 0.4) is 0 Å². The van der Waals surface area contributed by atoms with Crippen molar-refractivity contribution >= 4 is 34.5 Å². The molecule has 7 nitrogen and oxygen atoms in total. The van der Waals surface area contributed by atoms with Gasteiger partial charge in [-0.15, -0.1) is 0 Å². The molecule has 0 spiro atoms. The van der Waals surface area contributed by atoms with Crippen LogP contribution in [0, 0.1) is 6.92 Å². The molecular weight excluding hydrogens is 484 g/mol. The summed E-state index contributed by atoms with van der Waals surface area (Å²) < 4.78 is 1.59. The molecule has 0 aliphatic heterocycles. The molecule has 2 N–H and O–H groups in total. The molecule has 0 aliphatic carbocycles. The number of nitrogens with one attached hydrogen (secondary N) is 2. The van der Waals surface area contributed by atoms with E-state index in [4.69, 9.17) is 4.98 Å². The van der Waals surface area contributed by atoms with Gasteiger partial charge in [0.2, 0.25) is 5.91 Å². The summed E-state index contributed by atoms with van der Waals surface area (Å²) in [4.78, 5) is 42.9. The van der Waals surface area contributed by atoms with Gasteiger partial charge in [-0.05, 0) is 56.2 Å². The summed E-state index contributed by atoms with van der Waals surface area (Å²) in [6.07, 6.45) is 0. The van der Waals surface area contributed by atoms with Crippen molar-refractivity contribution in [3.8, 4) is 0 Å². The summed E-state index contributed by atoms with van der Waals surface area (Å²) in [5.74, 6) is -0.149. The number of carbonyl (C=O) groups is 2. The van der Waals surface area contributed by atoms with Crippen molar-refractivity contribution in [3.63, 3.8) is 0 Å². The van der Waals surface area contributed by atoms with Gasteiger partial charge in [-0.2, -0.15) is 0 Å². The zero-order chi connectivity index (χ0) is 26.4. The second-order valence-corrected chi connectivity index (χ2v) is 10.1. The minimum atomic E-state index is -0.171. The van der Waals surface area contributed by atoms with Gasteiger partial charge in [0.1, 0.15) is 0 Å². The fourth-order valence-electron chi connectivity index (χ4n) is 3.77. The molecule has 0 bridgehead atoms. The van der Waals surface area contributed by atoms with Crippen LogP contribution in [-0.4, -0.2) is 33.2 Å².